The maximum Gasteiger partial charge on any atom is 0.323 e. The molecular formula is C15H18Cl2O4. The van der Waals surface area contributed by atoms with Crippen LogP contribution in [0.1, 0.15) is 26.3 Å². The van der Waals surface area contributed by atoms with Crippen LogP contribution in [0.5, 0.6) is 0 Å². The fourth-order valence-corrected chi connectivity index (χ4v) is 2.39. The summed E-state index contributed by atoms with van der Waals surface area (Å²) >= 11 is 12.2. The van der Waals surface area contributed by atoms with Gasteiger partial charge in [0.1, 0.15) is 0 Å². The Hall–Kier alpha value is -1.26. The Morgan fingerprint density at radius 1 is 1.05 bits per heavy atom. The highest BCUT2D eigenvalue weighted by molar-refractivity contribution is 6.36. The van der Waals surface area contributed by atoms with E-state index in [9.17, 15) is 9.59 Å². The van der Waals surface area contributed by atoms with Crippen LogP contribution in [0.4, 0.5) is 0 Å². The molecule has 0 heterocycles. The fourth-order valence-electron chi connectivity index (χ4n) is 1.86. The molecule has 0 radical (unpaired) electrons. The molecule has 6 heteroatoms. The molecule has 0 bridgehead atoms. The van der Waals surface area contributed by atoms with Gasteiger partial charge in [0, 0.05) is 16.5 Å². The second kappa shape index (κ2) is 7.66. The highest BCUT2D eigenvalue weighted by Gasteiger charge is 2.45. The summed E-state index contributed by atoms with van der Waals surface area (Å²) in [5.41, 5.74) is -0.967. The molecule has 0 saturated heterocycles. The number of rotatable bonds is 6. The maximum atomic E-state index is 12.2. The van der Waals surface area contributed by atoms with Crippen LogP contribution in [0.2, 0.25) is 10.0 Å². The van der Waals surface area contributed by atoms with Crippen LogP contribution in [0.25, 0.3) is 0 Å². The first-order valence-electron chi connectivity index (χ1n) is 6.64. The van der Waals surface area contributed by atoms with Crippen molar-refractivity contribution in [2.45, 2.75) is 27.2 Å². The van der Waals surface area contributed by atoms with Crippen LogP contribution in [0.3, 0.4) is 0 Å². The summed E-state index contributed by atoms with van der Waals surface area (Å²) < 4.78 is 10.0. The van der Waals surface area contributed by atoms with Gasteiger partial charge < -0.3 is 9.47 Å². The van der Waals surface area contributed by atoms with E-state index in [1.807, 2.05) is 0 Å². The van der Waals surface area contributed by atoms with E-state index in [0.29, 0.717) is 15.6 Å². The first-order valence-corrected chi connectivity index (χ1v) is 7.39. The molecule has 0 aromatic heterocycles. The van der Waals surface area contributed by atoms with E-state index >= 15 is 0 Å². The molecular weight excluding hydrogens is 315 g/mol. The smallest absolute Gasteiger partial charge is 0.323 e. The van der Waals surface area contributed by atoms with E-state index in [1.165, 1.54) is 6.92 Å². The van der Waals surface area contributed by atoms with Gasteiger partial charge in [-0.3, -0.25) is 9.59 Å². The zero-order valence-electron chi connectivity index (χ0n) is 12.2. The fraction of sp³-hybridized carbons (Fsp3) is 0.467. The number of carbonyl (C=O) groups is 2. The Morgan fingerprint density at radius 3 is 1.86 bits per heavy atom. The summed E-state index contributed by atoms with van der Waals surface area (Å²) in [6, 6.07) is 5.00. The van der Waals surface area contributed by atoms with Crippen LogP contribution in [0.15, 0.2) is 18.2 Å². The average Bonchev–Trinajstić information content (AvgIpc) is 2.43. The van der Waals surface area contributed by atoms with Crippen molar-refractivity contribution in [1.29, 1.82) is 0 Å². The second-order valence-corrected chi connectivity index (χ2v) is 5.46. The minimum absolute atomic E-state index is 0.0170. The summed E-state index contributed by atoms with van der Waals surface area (Å²) in [4.78, 5) is 24.4. The standard InChI is InChI=1S/C15H18Cl2O4/c1-4-20-13(18)15(3,14(19)21-5-2)9-10-11(16)7-6-8-12(10)17/h6-8H,4-5,9H2,1-3H3. The molecule has 0 unspecified atom stereocenters. The molecule has 0 aliphatic carbocycles. The van der Waals surface area contributed by atoms with Crippen molar-refractivity contribution in [3.63, 3.8) is 0 Å². The molecule has 0 N–H and O–H groups in total. The van der Waals surface area contributed by atoms with Crippen molar-refractivity contribution in [1.82, 2.24) is 0 Å². The van der Waals surface area contributed by atoms with Crippen LogP contribution >= 0.6 is 23.2 Å². The van der Waals surface area contributed by atoms with Crippen molar-refractivity contribution >= 4 is 35.1 Å². The quantitative estimate of drug-likeness (QED) is 0.589. The van der Waals surface area contributed by atoms with Gasteiger partial charge in [-0.15, -0.1) is 0 Å². The highest BCUT2D eigenvalue weighted by Crippen LogP contribution is 2.33. The number of esters is 2. The van der Waals surface area contributed by atoms with Gasteiger partial charge in [-0.05, 0) is 38.5 Å². The summed E-state index contributed by atoms with van der Waals surface area (Å²) in [5.74, 6) is -1.31. The lowest BCUT2D eigenvalue weighted by Crippen LogP contribution is -2.41. The van der Waals surface area contributed by atoms with Gasteiger partial charge in [0.15, 0.2) is 5.41 Å². The van der Waals surface area contributed by atoms with Crippen molar-refractivity contribution < 1.29 is 19.1 Å². The Kier molecular flexibility index (Phi) is 6.49. The largest absolute Gasteiger partial charge is 0.465 e. The lowest BCUT2D eigenvalue weighted by atomic mass is 9.83. The topological polar surface area (TPSA) is 52.6 Å². The summed E-state index contributed by atoms with van der Waals surface area (Å²) in [5, 5.41) is 0.782. The number of hydrogen-bond acceptors (Lipinski definition) is 4. The monoisotopic (exact) mass is 332 g/mol. The first-order chi connectivity index (χ1) is 9.86. The molecule has 0 saturated carbocycles. The first kappa shape index (κ1) is 17.8. The molecule has 0 atom stereocenters. The van der Waals surface area contributed by atoms with Gasteiger partial charge in [-0.2, -0.15) is 0 Å². The predicted octanol–water partition coefficient (Wildman–Crippen LogP) is 3.67. The lowest BCUT2D eigenvalue weighted by molar-refractivity contribution is -0.170. The van der Waals surface area contributed by atoms with Crippen LogP contribution in [0, 0.1) is 5.41 Å². The number of halogens is 2. The summed E-state index contributed by atoms with van der Waals surface area (Å²) in [7, 11) is 0. The highest BCUT2D eigenvalue weighted by atomic mass is 35.5. The Labute approximate surface area is 134 Å². The van der Waals surface area contributed by atoms with Gasteiger partial charge in [-0.25, -0.2) is 0 Å². The Morgan fingerprint density at radius 2 is 1.48 bits per heavy atom. The van der Waals surface area contributed by atoms with Crippen molar-refractivity contribution in [3.05, 3.63) is 33.8 Å². The SMILES string of the molecule is CCOC(=O)C(C)(Cc1c(Cl)cccc1Cl)C(=O)OCC. The minimum Gasteiger partial charge on any atom is -0.465 e. The number of hydrogen-bond donors (Lipinski definition) is 0. The zero-order valence-corrected chi connectivity index (χ0v) is 13.8. The molecule has 0 amide bonds. The molecule has 4 nitrogen and oxygen atoms in total. The number of benzene rings is 1. The van der Waals surface area contributed by atoms with E-state index in [1.54, 1.807) is 32.0 Å². The molecule has 1 aromatic rings. The van der Waals surface area contributed by atoms with Crippen LogP contribution in [-0.4, -0.2) is 25.2 Å². The van der Waals surface area contributed by atoms with E-state index in [4.69, 9.17) is 32.7 Å². The van der Waals surface area contributed by atoms with Gasteiger partial charge in [0.25, 0.3) is 0 Å². The lowest BCUT2D eigenvalue weighted by Gasteiger charge is -2.25. The molecule has 0 aliphatic heterocycles. The predicted molar refractivity (Wildman–Crippen MR) is 81.5 cm³/mol. The summed E-state index contributed by atoms with van der Waals surface area (Å²) in [6.45, 7) is 5.16. The maximum absolute atomic E-state index is 12.2. The third-order valence-corrected chi connectivity index (χ3v) is 3.75. The van der Waals surface area contributed by atoms with Gasteiger partial charge in [0.05, 0.1) is 13.2 Å². The van der Waals surface area contributed by atoms with Gasteiger partial charge >= 0.3 is 11.9 Å². The Bertz CT molecular complexity index is 490. The zero-order chi connectivity index (χ0) is 16.0. The van der Waals surface area contributed by atoms with Crippen LogP contribution < -0.4 is 0 Å². The number of carbonyl (C=O) groups excluding carboxylic acids is 2. The molecule has 1 rings (SSSR count). The third-order valence-electron chi connectivity index (χ3n) is 3.04. The normalized spacial score (nSPS) is 11.1. The third kappa shape index (κ3) is 4.11. The van der Waals surface area contributed by atoms with E-state index in [2.05, 4.69) is 0 Å². The molecule has 0 fully saturated rings. The minimum atomic E-state index is -1.49. The van der Waals surface area contributed by atoms with Crippen molar-refractivity contribution in [3.8, 4) is 0 Å². The van der Waals surface area contributed by atoms with E-state index < -0.39 is 17.4 Å². The molecule has 116 valence electrons. The molecule has 0 aliphatic rings. The van der Waals surface area contributed by atoms with Gasteiger partial charge in [-0.1, -0.05) is 29.3 Å². The van der Waals surface area contributed by atoms with E-state index in [-0.39, 0.29) is 19.6 Å². The second-order valence-electron chi connectivity index (χ2n) is 4.65. The Balaban J connectivity index is 3.19. The molecule has 1 aromatic carbocycles. The van der Waals surface area contributed by atoms with Crippen molar-refractivity contribution in [2.75, 3.05) is 13.2 Å². The summed E-state index contributed by atoms with van der Waals surface area (Å²) in [6.07, 6.45) is 0.0170. The molecule has 21 heavy (non-hydrogen) atoms. The van der Waals surface area contributed by atoms with Gasteiger partial charge in [0.2, 0.25) is 0 Å². The van der Waals surface area contributed by atoms with E-state index in [0.717, 1.165) is 0 Å². The van der Waals surface area contributed by atoms with Crippen molar-refractivity contribution in [2.24, 2.45) is 5.41 Å². The average molecular weight is 333 g/mol. The number of ether oxygens (including phenoxy) is 2. The molecule has 0 spiro atoms. The van der Waals surface area contributed by atoms with Crippen LogP contribution in [-0.2, 0) is 25.5 Å².